The minimum absolute atomic E-state index is 0.0386. The molecule has 3 rings (SSSR count). The smallest absolute Gasteiger partial charge is 0.337 e. The number of phenolic OH excluding ortho intramolecular Hbond substituents is 1. The molecule has 1 atom stereocenters. The predicted molar refractivity (Wildman–Crippen MR) is 135 cm³/mol. The predicted octanol–water partition coefficient (Wildman–Crippen LogP) is 4.09. The molecule has 1 heterocycles. The number of esters is 1. The van der Waals surface area contributed by atoms with Crippen LogP contribution in [0.2, 0.25) is 0 Å². The second-order valence-corrected chi connectivity index (χ2v) is 9.06. The number of ketones is 1. The van der Waals surface area contributed by atoms with E-state index >= 15 is 0 Å². The van der Waals surface area contributed by atoms with Gasteiger partial charge in [0.25, 0.3) is 11.7 Å². The molecule has 0 radical (unpaired) electrons. The first-order chi connectivity index (χ1) is 16.7. The Hall–Kier alpha value is -3.17. The lowest BCUT2D eigenvalue weighted by molar-refractivity contribution is -0.140. The van der Waals surface area contributed by atoms with Crippen LogP contribution >= 0.6 is 15.9 Å². The van der Waals surface area contributed by atoms with Crippen LogP contribution in [0, 0.1) is 0 Å². The van der Waals surface area contributed by atoms with Gasteiger partial charge < -0.3 is 24.7 Å². The Labute approximate surface area is 212 Å². The summed E-state index contributed by atoms with van der Waals surface area (Å²) in [6, 6.07) is 9.96. The van der Waals surface area contributed by atoms with E-state index in [1.807, 2.05) is 0 Å². The number of amides is 1. The van der Waals surface area contributed by atoms with Gasteiger partial charge >= 0.3 is 5.97 Å². The highest BCUT2D eigenvalue weighted by Gasteiger charge is 2.46. The Morgan fingerprint density at radius 1 is 1.11 bits per heavy atom. The summed E-state index contributed by atoms with van der Waals surface area (Å²) in [5.74, 6) is -2.74. The number of ether oxygens (including phenoxy) is 1. The van der Waals surface area contributed by atoms with Gasteiger partial charge in [-0.05, 0) is 62.0 Å². The van der Waals surface area contributed by atoms with Crippen molar-refractivity contribution in [3.05, 3.63) is 69.2 Å². The first-order valence-corrected chi connectivity index (χ1v) is 12.2. The molecule has 0 spiro atoms. The lowest BCUT2D eigenvalue weighted by Gasteiger charge is -2.27. The zero-order valence-corrected chi connectivity index (χ0v) is 21.5. The number of carbonyl (C=O) groups excluding carboxylic acids is 3. The zero-order valence-electron chi connectivity index (χ0n) is 20.0. The number of methoxy groups -OCH3 is 1. The number of hydrogen-bond acceptors (Lipinski definition) is 7. The summed E-state index contributed by atoms with van der Waals surface area (Å²) in [5.41, 5.74) is 0.795. The van der Waals surface area contributed by atoms with Crippen molar-refractivity contribution in [1.82, 2.24) is 9.80 Å². The van der Waals surface area contributed by atoms with Crippen LogP contribution < -0.4 is 0 Å². The molecule has 0 aliphatic carbocycles. The number of hydrogen-bond donors (Lipinski definition) is 2. The van der Waals surface area contributed by atoms with Crippen molar-refractivity contribution >= 4 is 39.3 Å². The minimum atomic E-state index is -0.878. The van der Waals surface area contributed by atoms with Gasteiger partial charge in [0.2, 0.25) is 0 Å². The van der Waals surface area contributed by atoms with E-state index in [0.29, 0.717) is 28.6 Å². The maximum Gasteiger partial charge on any atom is 0.337 e. The molecule has 2 N–H and O–H groups in total. The summed E-state index contributed by atoms with van der Waals surface area (Å²) in [6.45, 7) is 6.90. The van der Waals surface area contributed by atoms with Crippen molar-refractivity contribution in [3.8, 4) is 5.75 Å². The van der Waals surface area contributed by atoms with Crippen molar-refractivity contribution < 1.29 is 29.3 Å². The normalized spacial score (nSPS) is 17.3. The molecule has 35 heavy (non-hydrogen) atoms. The second-order valence-electron chi connectivity index (χ2n) is 8.15. The van der Waals surface area contributed by atoms with Gasteiger partial charge in [0.15, 0.2) is 0 Å². The summed E-state index contributed by atoms with van der Waals surface area (Å²) in [4.78, 5) is 41.8. The van der Waals surface area contributed by atoms with E-state index in [2.05, 4.69) is 34.7 Å². The fraction of sp³-hybridized carbons (Fsp3) is 0.346. The standard InChI is InChI=1S/C26H29BrN2O6/c1-4-28(5-2)13-6-14-29-22(16-7-9-17(10-8-16)26(34)35-3)21(24(32)25(29)33)23(31)19-15-18(27)11-12-20(19)30/h7-12,15,22,30-31H,4-6,13-14H2,1-3H3/t22-/m0/s1. The summed E-state index contributed by atoms with van der Waals surface area (Å²) < 4.78 is 5.34. The SMILES string of the molecule is CCN(CC)CCCN1C(=O)C(=O)C(=C(O)c2cc(Br)ccc2O)[C@@H]1c1ccc(C(=O)OC)cc1. The van der Waals surface area contributed by atoms with Gasteiger partial charge in [0.1, 0.15) is 11.5 Å². The van der Waals surface area contributed by atoms with E-state index in [-0.39, 0.29) is 16.9 Å². The number of nitrogens with zero attached hydrogens (tertiary/aromatic N) is 2. The molecule has 1 aliphatic rings. The van der Waals surface area contributed by atoms with E-state index in [4.69, 9.17) is 4.74 Å². The highest BCUT2D eigenvalue weighted by molar-refractivity contribution is 9.10. The summed E-state index contributed by atoms with van der Waals surface area (Å²) in [5, 5.41) is 21.5. The fourth-order valence-corrected chi connectivity index (χ4v) is 4.59. The molecular formula is C26H29BrN2O6. The second kappa shape index (κ2) is 11.5. The average Bonchev–Trinajstić information content (AvgIpc) is 3.12. The van der Waals surface area contributed by atoms with E-state index in [1.165, 1.54) is 24.1 Å². The molecule has 2 aromatic carbocycles. The molecular weight excluding hydrogens is 516 g/mol. The number of benzene rings is 2. The molecule has 1 amide bonds. The van der Waals surface area contributed by atoms with Gasteiger partial charge in [-0.25, -0.2) is 4.79 Å². The molecule has 9 heteroatoms. The van der Waals surface area contributed by atoms with Crippen molar-refractivity contribution in [1.29, 1.82) is 0 Å². The van der Waals surface area contributed by atoms with Crippen LogP contribution in [0.4, 0.5) is 0 Å². The van der Waals surface area contributed by atoms with Crippen LogP contribution in [0.15, 0.2) is 52.5 Å². The maximum absolute atomic E-state index is 13.2. The van der Waals surface area contributed by atoms with Gasteiger partial charge in [0.05, 0.1) is 29.9 Å². The number of rotatable bonds is 9. The topological polar surface area (TPSA) is 107 Å². The van der Waals surface area contributed by atoms with E-state index in [1.54, 1.807) is 30.3 Å². The molecule has 1 aliphatic heterocycles. The number of aliphatic hydroxyl groups is 1. The Balaban J connectivity index is 2.08. The molecule has 0 aromatic heterocycles. The molecule has 0 bridgehead atoms. The molecule has 1 fully saturated rings. The molecule has 0 saturated carbocycles. The summed E-state index contributed by atoms with van der Waals surface area (Å²) >= 11 is 3.31. The van der Waals surface area contributed by atoms with Crippen LogP contribution in [-0.2, 0) is 14.3 Å². The van der Waals surface area contributed by atoms with Gasteiger partial charge in [-0.3, -0.25) is 9.59 Å². The third kappa shape index (κ3) is 5.57. The van der Waals surface area contributed by atoms with E-state index in [9.17, 15) is 24.6 Å². The third-order valence-corrected chi connectivity index (χ3v) is 6.66. The molecule has 186 valence electrons. The number of carbonyl (C=O) groups is 3. The van der Waals surface area contributed by atoms with E-state index in [0.717, 1.165) is 19.6 Å². The summed E-state index contributed by atoms with van der Waals surface area (Å²) in [6.07, 6.45) is 0.633. The minimum Gasteiger partial charge on any atom is -0.507 e. The Kier molecular flexibility index (Phi) is 8.69. The molecule has 1 saturated heterocycles. The Morgan fingerprint density at radius 2 is 1.77 bits per heavy atom. The fourth-order valence-electron chi connectivity index (χ4n) is 4.22. The van der Waals surface area contributed by atoms with Gasteiger partial charge in [-0.15, -0.1) is 0 Å². The van der Waals surface area contributed by atoms with Crippen LogP contribution in [0.5, 0.6) is 5.75 Å². The third-order valence-electron chi connectivity index (χ3n) is 6.17. The molecule has 0 unspecified atom stereocenters. The van der Waals surface area contributed by atoms with Crippen LogP contribution in [-0.4, -0.2) is 71.0 Å². The Morgan fingerprint density at radius 3 is 2.37 bits per heavy atom. The van der Waals surface area contributed by atoms with Crippen LogP contribution in [0.25, 0.3) is 5.76 Å². The lowest BCUT2D eigenvalue weighted by Crippen LogP contribution is -2.33. The number of Topliss-reactive ketones (excluding diaryl/α,β-unsaturated/α-hetero) is 1. The van der Waals surface area contributed by atoms with Crippen molar-refractivity contribution in [2.24, 2.45) is 0 Å². The maximum atomic E-state index is 13.2. The zero-order chi connectivity index (χ0) is 25.7. The molecule has 2 aromatic rings. The van der Waals surface area contributed by atoms with Gasteiger partial charge in [-0.1, -0.05) is 41.9 Å². The van der Waals surface area contributed by atoms with Crippen LogP contribution in [0.1, 0.15) is 47.8 Å². The van der Waals surface area contributed by atoms with E-state index < -0.39 is 29.5 Å². The monoisotopic (exact) mass is 544 g/mol. The lowest BCUT2D eigenvalue weighted by atomic mass is 9.94. The van der Waals surface area contributed by atoms with Gasteiger partial charge in [-0.2, -0.15) is 0 Å². The quantitative estimate of drug-likeness (QED) is 0.212. The molecule has 8 nitrogen and oxygen atoms in total. The summed E-state index contributed by atoms with van der Waals surface area (Å²) in [7, 11) is 1.28. The Bertz CT molecular complexity index is 1140. The van der Waals surface area contributed by atoms with Crippen LogP contribution in [0.3, 0.4) is 0 Å². The number of aliphatic hydroxyl groups excluding tert-OH is 1. The van der Waals surface area contributed by atoms with Crippen molar-refractivity contribution in [2.45, 2.75) is 26.3 Å². The average molecular weight is 545 g/mol. The number of phenols is 1. The number of halogens is 1. The first-order valence-electron chi connectivity index (χ1n) is 11.4. The number of aromatic hydroxyl groups is 1. The van der Waals surface area contributed by atoms with Crippen molar-refractivity contribution in [2.75, 3.05) is 33.3 Å². The highest BCUT2D eigenvalue weighted by Crippen LogP contribution is 2.41. The van der Waals surface area contributed by atoms with Crippen molar-refractivity contribution in [3.63, 3.8) is 0 Å². The number of likely N-dealkylation sites (tertiary alicyclic amines) is 1. The largest absolute Gasteiger partial charge is 0.507 e. The van der Waals surface area contributed by atoms with Gasteiger partial charge in [0, 0.05) is 11.0 Å². The highest BCUT2D eigenvalue weighted by atomic mass is 79.9. The first kappa shape index (κ1) is 26.4.